The maximum Gasteiger partial charge on any atom is 0.229 e. The molecule has 6 heteroatoms. The zero-order valence-electron chi connectivity index (χ0n) is 12.8. The van der Waals surface area contributed by atoms with E-state index in [-0.39, 0.29) is 6.42 Å². The van der Waals surface area contributed by atoms with Crippen LogP contribution >= 0.6 is 0 Å². The number of nitrogens with one attached hydrogen (secondary N) is 1. The highest BCUT2D eigenvalue weighted by atomic mass is 19.1. The fraction of sp³-hybridized carbons (Fsp3) is 0.278. The van der Waals surface area contributed by atoms with E-state index in [1.807, 2.05) is 6.07 Å². The highest BCUT2D eigenvalue weighted by Gasteiger charge is 2.27. The van der Waals surface area contributed by atoms with Crippen LogP contribution in [0.15, 0.2) is 24.3 Å². The van der Waals surface area contributed by atoms with E-state index in [2.05, 4.69) is 5.32 Å². The molecule has 0 unspecified atom stereocenters. The third-order valence-electron chi connectivity index (χ3n) is 4.32. The van der Waals surface area contributed by atoms with Crippen LogP contribution in [0, 0.1) is 11.6 Å². The maximum atomic E-state index is 13.7. The summed E-state index contributed by atoms with van der Waals surface area (Å²) < 4.78 is 38.6. The van der Waals surface area contributed by atoms with Crippen molar-refractivity contribution in [2.24, 2.45) is 0 Å². The summed E-state index contributed by atoms with van der Waals surface area (Å²) in [6.07, 6.45) is 1.45. The van der Waals surface area contributed by atoms with Crippen molar-refractivity contribution in [3.05, 3.63) is 52.6 Å². The van der Waals surface area contributed by atoms with E-state index in [1.54, 1.807) is 0 Å². The van der Waals surface area contributed by atoms with Crippen LogP contribution in [-0.4, -0.2) is 19.1 Å². The number of carbonyl (C=O) groups is 1. The smallest absolute Gasteiger partial charge is 0.229 e. The van der Waals surface area contributed by atoms with Gasteiger partial charge in [0.05, 0.1) is 19.6 Å². The largest absolute Gasteiger partial charge is 0.493 e. The number of benzene rings is 2. The van der Waals surface area contributed by atoms with Crippen molar-refractivity contribution >= 4 is 11.6 Å². The van der Waals surface area contributed by atoms with Crippen LogP contribution in [-0.2, 0) is 24.1 Å². The number of para-hydroxylation sites is 1. The molecule has 24 heavy (non-hydrogen) atoms. The normalized spacial score (nSPS) is 14.6. The van der Waals surface area contributed by atoms with Crippen LogP contribution in [0.2, 0.25) is 0 Å². The van der Waals surface area contributed by atoms with Crippen molar-refractivity contribution in [2.75, 3.05) is 18.5 Å². The first kappa shape index (κ1) is 14.9. The minimum absolute atomic E-state index is 0.0113. The second kappa shape index (κ2) is 5.78. The SMILES string of the molecule is O=C(Cc1c2c(cc3c1OCC3)OCC2)Nc1c(F)cccc1F. The molecule has 4 rings (SSSR count). The molecule has 0 aliphatic carbocycles. The Balaban J connectivity index is 1.63. The molecular weight excluding hydrogens is 316 g/mol. The van der Waals surface area contributed by atoms with Crippen LogP contribution in [0.3, 0.4) is 0 Å². The highest BCUT2D eigenvalue weighted by molar-refractivity contribution is 5.93. The molecule has 2 aromatic carbocycles. The first-order valence-corrected chi connectivity index (χ1v) is 7.80. The van der Waals surface area contributed by atoms with E-state index in [0.29, 0.717) is 25.4 Å². The average Bonchev–Trinajstić information content (AvgIpc) is 3.19. The number of fused-ring (bicyclic) bond motifs is 2. The number of rotatable bonds is 3. The van der Waals surface area contributed by atoms with Crippen molar-refractivity contribution in [3.8, 4) is 11.5 Å². The summed E-state index contributed by atoms with van der Waals surface area (Å²) in [7, 11) is 0. The summed E-state index contributed by atoms with van der Waals surface area (Å²) in [6, 6.07) is 5.42. The van der Waals surface area contributed by atoms with E-state index >= 15 is 0 Å². The van der Waals surface area contributed by atoms with Crippen LogP contribution in [0.5, 0.6) is 11.5 Å². The van der Waals surface area contributed by atoms with Gasteiger partial charge in [0, 0.05) is 29.5 Å². The predicted molar refractivity (Wildman–Crippen MR) is 83.5 cm³/mol. The van der Waals surface area contributed by atoms with Crippen molar-refractivity contribution < 1.29 is 23.0 Å². The second-order valence-electron chi connectivity index (χ2n) is 5.84. The summed E-state index contributed by atoms with van der Waals surface area (Å²) in [5.74, 6) is -0.600. The fourth-order valence-corrected chi connectivity index (χ4v) is 3.23. The van der Waals surface area contributed by atoms with Crippen molar-refractivity contribution in [2.45, 2.75) is 19.3 Å². The molecule has 2 heterocycles. The lowest BCUT2D eigenvalue weighted by Crippen LogP contribution is -2.17. The van der Waals surface area contributed by atoms with Gasteiger partial charge in [-0.3, -0.25) is 4.79 Å². The molecule has 1 amide bonds. The van der Waals surface area contributed by atoms with E-state index < -0.39 is 23.2 Å². The van der Waals surface area contributed by atoms with Crippen LogP contribution < -0.4 is 14.8 Å². The Kier molecular flexibility index (Phi) is 3.59. The van der Waals surface area contributed by atoms with Gasteiger partial charge in [-0.25, -0.2) is 8.78 Å². The molecule has 0 saturated carbocycles. The third kappa shape index (κ3) is 2.48. The quantitative estimate of drug-likeness (QED) is 0.940. The lowest BCUT2D eigenvalue weighted by Gasteiger charge is -2.13. The number of halogens is 2. The molecule has 0 fully saturated rings. The molecule has 124 valence electrons. The summed E-state index contributed by atoms with van der Waals surface area (Å²) in [5.41, 5.74) is 2.28. The Morgan fingerprint density at radius 3 is 2.67 bits per heavy atom. The summed E-state index contributed by atoms with van der Waals surface area (Å²) in [5, 5.41) is 2.32. The van der Waals surface area contributed by atoms with Gasteiger partial charge >= 0.3 is 0 Å². The minimum Gasteiger partial charge on any atom is -0.493 e. The van der Waals surface area contributed by atoms with Gasteiger partial charge in [-0.15, -0.1) is 0 Å². The Morgan fingerprint density at radius 1 is 1.12 bits per heavy atom. The van der Waals surface area contributed by atoms with Gasteiger partial charge in [-0.05, 0) is 18.2 Å². The molecule has 0 bridgehead atoms. The number of carbonyl (C=O) groups excluding carboxylic acids is 1. The standard InChI is InChI=1S/C18H15F2NO3/c19-13-2-1-3-14(20)17(13)21-16(22)9-12-11-5-7-23-15(11)8-10-4-6-24-18(10)12/h1-3,8H,4-7,9H2,(H,21,22). The fourth-order valence-electron chi connectivity index (χ4n) is 3.23. The minimum atomic E-state index is -0.800. The first-order chi connectivity index (χ1) is 11.6. The molecular formula is C18H15F2NO3. The Labute approximate surface area is 137 Å². The Morgan fingerprint density at radius 2 is 1.88 bits per heavy atom. The van der Waals surface area contributed by atoms with Gasteiger partial charge in [0.15, 0.2) is 0 Å². The van der Waals surface area contributed by atoms with E-state index in [4.69, 9.17) is 9.47 Å². The number of hydrogen-bond donors (Lipinski definition) is 1. The third-order valence-corrected chi connectivity index (χ3v) is 4.32. The molecule has 0 spiro atoms. The zero-order valence-corrected chi connectivity index (χ0v) is 12.8. The van der Waals surface area contributed by atoms with Gasteiger partial charge in [0.25, 0.3) is 0 Å². The first-order valence-electron chi connectivity index (χ1n) is 7.80. The average molecular weight is 331 g/mol. The van der Waals surface area contributed by atoms with Crippen molar-refractivity contribution in [1.82, 2.24) is 0 Å². The van der Waals surface area contributed by atoms with Crippen molar-refractivity contribution in [3.63, 3.8) is 0 Å². The van der Waals surface area contributed by atoms with Crippen LogP contribution in [0.4, 0.5) is 14.5 Å². The van der Waals surface area contributed by atoms with Crippen LogP contribution in [0.25, 0.3) is 0 Å². The lowest BCUT2D eigenvalue weighted by molar-refractivity contribution is -0.115. The summed E-state index contributed by atoms with van der Waals surface area (Å²) in [4.78, 5) is 12.3. The monoisotopic (exact) mass is 331 g/mol. The molecule has 2 aromatic rings. The number of amides is 1. The number of hydrogen-bond acceptors (Lipinski definition) is 3. The van der Waals surface area contributed by atoms with Gasteiger partial charge in [0.2, 0.25) is 5.91 Å². The van der Waals surface area contributed by atoms with Gasteiger partial charge in [0.1, 0.15) is 28.8 Å². The molecule has 1 N–H and O–H groups in total. The molecule has 0 radical (unpaired) electrons. The highest BCUT2D eigenvalue weighted by Crippen LogP contribution is 2.40. The lowest BCUT2D eigenvalue weighted by atomic mass is 9.97. The van der Waals surface area contributed by atoms with Gasteiger partial charge in [-0.2, -0.15) is 0 Å². The second-order valence-corrected chi connectivity index (χ2v) is 5.84. The Bertz CT molecular complexity index is 783. The maximum absolute atomic E-state index is 13.7. The molecule has 0 saturated heterocycles. The van der Waals surface area contributed by atoms with Gasteiger partial charge < -0.3 is 14.8 Å². The molecule has 2 aliphatic rings. The topological polar surface area (TPSA) is 47.6 Å². The number of anilines is 1. The number of ether oxygens (including phenoxy) is 2. The van der Waals surface area contributed by atoms with E-state index in [9.17, 15) is 13.6 Å². The van der Waals surface area contributed by atoms with E-state index in [1.165, 1.54) is 6.07 Å². The van der Waals surface area contributed by atoms with Crippen molar-refractivity contribution in [1.29, 1.82) is 0 Å². The Hall–Kier alpha value is -2.63. The molecule has 0 atom stereocenters. The molecule has 0 aromatic heterocycles. The molecule has 2 aliphatic heterocycles. The summed E-state index contributed by atoms with van der Waals surface area (Å²) in [6.45, 7) is 1.13. The zero-order chi connectivity index (χ0) is 16.7. The predicted octanol–water partition coefficient (Wildman–Crippen LogP) is 3.02. The van der Waals surface area contributed by atoms with Gasteiger partial charge in [-0.1, -0.05) is 6.07 Å². The van der Waals surface area contributed by atoms with E-state index in [0.717, 1.165) is 41.0 Å². The summed E-state index contributed by atoms with van der Waals surface area (Å²) >= 11 is 0. The van der Waals surface area contributed by atoms with Crippen LogP contribution in [0.1, 0.15) is 16.7 Å². The molecule has 4 nitrogen and oxygen atoms in total.